The molecule has 2 saturated heterocycles. The number of halogens is 3. The summed E-state index contributed by atoms with van der Waals surface area (Å²) in [6.45, 7) is -0.363. The molecule has 0 aromatic heterocycles. The number of hydrogen-bond acceptors (Lipinski definition) is 8. The molecular formula is C23H24Cl3NO8. The minimum absolute atomic E-state index is 0.133. The predicted octanol–water partition coefficient (Wildman–Crippen LogP) is 3.74. The molecule has 9 nitrogen and oxygen atoms in total. The lowest BCUT2D eigenvalue weighted by Gasteiger charge is -2.47. The molecule has 190 valence electrons. The molecule has 0 saturated carbocycles. The van der Waals surface area contributed by atoms with E-state index >= 15 is 0 Å². The topological polar surface area (TPSA) is 105 Å². The Labute approximate surface area is 217 Å². The third kappa shape index (κ3) is 6.83. The normalized spacial score (nSPS) is 28.5. The summed E-state index contributed by atoms with van der Waals surface area (Å²) in [6.07, 6.45) is -5.50. The van der Waals surface area contributed by atoms with Crippen molar-refractivity contribution in [2.45, 2.75) is 40.7 Å². The van der Waals surface area contributed by atoms with E-state index in [2.05, 4.69) is 5.32 Å². The lowest BCUT2D eigenvalue weighted by molar-refractivity contribution is -0.333. The van der Waals surface area contributed by atoms with Crippen LogP contribution in [0.5, 0.6) is 11.5 Å². The molecule has 1 unspecified atom stereocenters. The zero-order valence-electron chi connectivity index (χ0n) is 18.5. The molecule has 2 aromatic carbocycles. The summed E-state index contributed by atoms with van der Waals surface area (Å²) in [4.78, 5) is 12.4. The summed E-state index contributed by atoms with van der Waals surface area (Å²) >= 11 is 17.0. The SMILES string of the molecule is COc1ccc(O[C@H]2O[C@@H]3COC(c4ccccc4)O[C@H]3[C@H](O)[C@H]2NC(=O)OCC(Cl)(Cl)Cl)cc1. The molecule has 2 N–H and O–H groups in total. The summed E-state index contributed by atoms with van der Waals surface area (Å²) in [7, 11) is 1.55. The highest BCUT2D eigenvalue weighted by Crippen LogP contribution is 2.35. The van der Waals surface area contributed by atoms with Crippen LogP contribution in [0.1, 0.15) is 11.9 Å². The molecule has 0 radical (unpaired) electrons. The maximum absolute atomic E-state index is 12.4. The summed E-state index contributed by atoms with van der Waals surface area (Å²) in [5.74, 6) is 1.05. The van der Waals surface area contributed by atoms with Gasteiger partial charge in [0.1, 0.15) is 42.5 Å². The molecular weight excluding hydrogens is 525 g/mol. The second-order valence-corrected chi connectivity index (χ2v) is 10.4. The van der Waals surface area contributed by atoms with Crippen LogP contribution >= 0.6 is 34.8 Å². The molecule has 6 atom stereocenters. The number of carbonyl (C=O) groups is 1. The van der Waals surface area contributed by atoms with Crippen molar-refractivity contribution in [1.29, 1.82) is 0 Å². The zero-order chi connectivity index (χ0) is 25.0. The molecule has 0 bridgehead atoms. The Morgan fingerprint density at radius 3 is 2.43 bits per heavy atom. The fourth-order valence-corrected chi connectivity index (χ4v) is 3.90. The molecule has 2 fully saturated rings. The summed E-state index contributed by atoms with van der Waals surface area (Å²) < 4.78 is 32.2. The van der Waals surface area contributed by atoms with Gasteiger partial charge in [-0.3, -0.25) is 0 Å². The van der Waals surface area contributed by atoms with Crippen molar-refractivity contribution in [3.05, 3.63) is 60.2 Å². The highest BCUT2D eigenvalue weighted by Gasteiger charge is 2.51. The average molecular weight is 549 g/mol. The predicted molar refractivity (Wildman–Crippen MR) is 127 cm³/mol. The van der Waals surface area contributed by atoms with Gasteiger partial charge < -0.3 is 38.8 Å². The number of methoxy groups -OCH3 is 1. The number of nitrogens with one attached hydrogen (secondary N) is 1. The highest BCUT2D eigenvalue weighted by atomic mass is 35.6. The van der Waals surface area contributed by atoms with Crippen molar-refractivity contribution in [1.82, 2.24) is 5.32 Å². The van der Waals surface area contributed by atoms with Crippen molar-refractivity contribution < 1.29 is 38.3 Å². The number of aliphatic hydroxyl groups is 1. The molecule has 12 heteroatoms. The molecule has 35 heavy (non-hydrogen) atoms. The van der Waals surface area contributed by atoms with Crippen LogP contribution in [0.3, 0.4) is 0 Å². The third-order valence-corrected chi connectivity index (χ3v) is 5.73. The summed E-state index contributed by atoms with van der Waals surface area (Å²) in [5.41, 5.74) is 0.779. The van der Waals surface area contributed by atoms with E-state index in [1.807, 2.05) is 30.3 Å². The van der Waals surface area contributed by atoms with Gasteiger partial charge in [0.05, 0.1) is 13.7 Å². The minimum Gasteiger partial charge on any atom is -0.497 e. The Bertz CT molecular complexity index is 975. The number of benzene rings is 2. The molecule has 2 aliphatic rings. The lowest BCUT2D eigenvalue weighted by atomic mass is 9.96. The van der Waals surface area contributed by atoms with E-state index in [9.17, 15) is 9.90 Å². The second-order valence-electron chi connectivity index (χ2n) is 7.86. The minimum atomic E-state index is -1.80. The van der Waals surface area contributed by atoms with Crippen LogP contribution in [-0.4, -0.2) is 66.0 Å². The Morgan fingerprint density at radius 1 is 1.09 bits per heavy atom. The number of hydrogen-bond donors (Lipinski definition) is 2. The Morgan fingerprint density at radius 2 is 1.77 bits per heavy atom. The number of rotatable bonds is 6. The van der Waals surface area contributed by atoms with Gasteiger partial charge in [-0.1, -0.05) is 65.1 Å². The van der Waals surface area contributed by atoms with E-state index in [1.165, 1.54) is 0 Å². The lowest BCUT2D eigenvalue weighted by Crippen LogP contribution is -2.67. The number of alkyl carbamates (subject to hydrolysis) is 1. The van der Waals surface area contributed by atoms with E-state index in [1.54, 1.807) is 31.4 Å². The fraction of sp³-hybridized carbons (Fsp3) is 0.435. The van der Waals surface area contributed by atoms with Gasteiger partial charge >= 0.3 is 6.09 Å². The van der Waals surface area contributed by atoms with E-state index in [0.29, 0.717) is 11.5 Å². The summed E-state index contributed by atoms with van der Waals surface area (Å²) in [6, 6.07) is 14.9. The number of aliphatic hydroxyl groups excluding tert-OH is 1. The van der Waals surface area contributed by atoms with Gasteiger partial charge in [-0.05, 0) is 24.3 Å². The molecule has 2 heterocycles. The van der Waals surface area contributed by atoms with Crippen LogP contribution in [-0.2, 0) is 18.9 Å². The largest absolute Gasteiger partial charge is 0.497 e. The van der Waals surface area contributed by atoms with E-state index < -0.39 is 53.4 Å². The third-order valence-electron chi connectivity index (χ3n) is 5.40. The second kappa shape index (κ2) is 11.4. The van der Waals surface area contributed by atoms with Crippen LogP contribution in [0.25, 0.3) is 0 Å². The monoisotopic (exact) mass is 547 g/mol. The maximum atomic E-state index is 12.4. The first-order valence-corrected chi connectivity index (χ1v) is 11.8. The van der Waals surface area contributed by atoms with E-state index in [4.69, 9.17) is 63.2 Å². The van der Waals surface area contributed by atoms with Gasteiger partial charge in [0.15, 0.2) is 6.29 Å². The van der Waals surface area contributed by atoms with E-state index in [-0.39, 0.29) is 6.61 Å². The van der Waals surface area contributed by atoms with Crippen molar-refractivity contribution in [2.75, 3.05) is 20.3 Å². The van der Waals surface area contributed by atoms with Gasteiger partial charge in [0, 0.05) is 5.56 Å². The van der Waals surface area contributed by atoms with Crippen LogP contribution in [0.2, 0.25) is 0 Å². The smallest absolute Gasteiger partial charge is 0.407 e. The summed E-state index contributed by atoms with van der Waals surface area (Å²) in [5, 5.41) is 13.8. The number of fused-ring (bicyclic) bond motifs is 1. The zero-order valence-corrected chi connectivity index (χ0v) is 20.8. The Balaban J connectivity index is 1.51. The number of alkyl halides is 3. The first-order chi connectivity index (χ1) is 16.7. The van der Waals surface area contributed by atoms with Crippen molar-refractivity contribution in [2.24, 2.45) is 0 Å². The molecule has 0 spiro atoms. The molecule has 0 aliphatic carbocycles. The molecule has 4 rings (SSSR count). The van der Waals surface area contributed by atoms with Crippen molar-refractivity contribution >= 4 is 40.9 Å². The van der Waals surface area contributed by atoms with Crippen LogP contribution in [0.4, 0.5) is 4.79 Å². The molecule has 1 amide bonds. The molecule has 2 aliphatic heterocycles. The Kier molecular flexibility index (Phi) is 8.49. The van der Waals surface area contributed by atoms with Crippen LogP contribution in [0.15, 0.2) is 54.6 Å². The quantitative estimate of drug-likeness (QED) is 0.526. The first-order valence-electron chi connectivity index (χ1n) is 10.7. The van der Waals surface area contributed by atoms with Gasteiger partial charge in [-0.15, -0.1) is 0 Å². The Hall–Kier alpha value is -1.98. The van der Waals surface area contributed by atoms with Crippen molar-refractivity contribution in [3.63, 3.8) is 0 Å². The number of carbonyl (C=O) groups excluding carboxylic acids is 1. The molecule has 2 aromatic rings. The van der Waals surface area contributed by atoms with Gasteiger partial charge in [-0.25, -0.2) is 4.79 Å². The standard InChI is InChI=1S/C23H24Cl3NO8/c1-30-14-7-9-15(10-8-14)33-21-17(27-22(29)32-12-23(24,25)26)18(28)19-16(34-21)11-31-20(35-19)13-5-3-2-4-6-13/h2-10,16-21,28H,11-12H2,1H3,(H,27,29)/t16-,17-,18-,19-,20?,21+/m1/s1. The van der Waals surface area contributed by atoms with Crippen LogP contribution < -0.4 is 14.8 Å². The van der Waals surface area contributed by atoms with Crippen molar-refractivity contribution in [3.8, 4) is 11.5 Å². The highest BCUT2D eigenvalue weighted by molar-refractivity contribution is 6.67. The van der Waals surface area contributed by atoms with E-state index in [0.717, 1.165) is 5.56 Å². The number of ether oxygens (including phenoxy) is 6. The number of amides is 1. The fourth-order valence-electron chi connectivity index (χ4n) is 3.74. The van der Waals surface area contributed by atoms with Gasteiger partial charge in [0.2, 0.25) is 10.1 Å². The van der Waals surface area contributed by atoms with Gasteiger partial charge in [-0.2, -0.15) is 0 Å². The first kappa shape index (κ1) is 26.1. The average Bonchev–Trinajstić information content (AvgIpc) is 2.85. The van der Waals surface area contributed by atoms with Crippen LogP contribution in [0, 0.1) is 0 Å². The maximum Gasteiger partial charge on any atom is 0.407 e. The van der Waals surface area contributed by atoms with Gasteiger partial charge in [0.25, 0.3) is 0 Å².